The summed E-state index contributed by atoms with van der Waals surface area (Å²) in [5, 5.41) is 13.1. The molecule has 2 rings (SSSR count). The Morgan fingerprint density at radius 1 is 1.43 bits per heavy atom. The predicted octanol–water partition coefficient (Wildman–Crippen LogP) is 2.73. The van der Waals surface area contributed by atoms with Crippen LogP contribution in [-0.4, -0.2) is 15.8 Å². The second-order valence-electron chi connectivity index (χ2n) is 3.96. The first-order chi connectivity index (χ1) is 9.88. The van der Waals surface area contributed by atoms with Crippen LogP contribution in [-0.2, 0) is 0 Å². The minimum Gasteiger partial charge on any atom is -0.383 e. The number of halogens is 2. The topological polar surface area (TPSA) is 111 Å². The van der Waals surface area contributed by atoms with Gasteiger partial charge in [-0.05, 0) is 28.1 Å². The third-order valence-corrected chi connectivity index (χ3v) is 3.23. The van der Waals surface area contributed by atoms with E-state index in [1.165, 1.54) is 18.2 Å². The normalized spacial score (nSPS) is 10.2. The molecule has 1 amide bonds. The number of pyridine rings is 1. The van der Waals surface area contributed by atoms with E-state index in [1.807, 2.05) is 0 Å². The Morgan fingerprint density at radius 2 is 2.14 bits per heavy atom. The Morgan fingerprint density at radius 3 is 2.81 bits per heavy atom. The van der Waals surface area contributed by atoms with Crippen LogP contribution in [0.4, 0.5) is 21.6 Å². The number of anilines is 2. The average molecular weight is 355 g/mol. The van der Waals surface area contributed by atoms with E-state index in [9.17, 15) is 19.3 Å². The molecular formula is C12H8BrFN4O3. The van der Waals surface area contributed by atoms with Crippen molar-refractivity contribution >= 4 is 39.0 Å². The van der Waals surface area contributed by atoms with Crippen molar-refractivity contribution in [3.63, 3.8) is 0 Å². The Bertz CT molecular complexity index is 738. The Kier molecular flexibility index (Phi) is 4.13. The molecule has 0 aliphatic heterocycles. The van der Waals surface area contributed by atoms with Gasteiger partial charge >= 0.3 is 0 Å². The summed E-state index contributed by atoms with van der Waals surface area (Å²) < 4.78 is 13.5. The summed E-state index contributed by atoms with van der Waals surface area (Å²) in [6, 6.07) is 4.80. The van der Waals surface area contributed by atoms with Gasteiger partial charge in [-0.2, -0.15) is 0 Å². The third kappa shape index (κ3) is 3.31. The fourth-order valence-corrected chi connectivity index (χ4v) is 1.89. The summed E-state index contributed by atoms with van der Waals surface area (Å²) in [5.74, 6) is -1.58. The maximum Gasteiger partial charge on any atom is 0.271 e. The van der Waals surface area contributed by atoms with Crippen molar-refractivity contribution < 1.29 is 14.1 Å². The van der Waals surface area contributed by atoms with Crippen LogP contribution in [0.5, 0.6) is 0 Å². The van der Waals surface area contributed by atoms with E-state index < -0.39 is 16.6 Å². The zero-order valence-corrected chi connectivity index (χ0v) is 11.9. The highest BCUT2D eigenvalue weighted by molar-refractivity contribution is 9.10. The van der Waals surface area contributed by atoms with Crippen LogP contribution in [0.3, 0.4) is 0 Å². The first-order valence-corrected chi connectivity index (χ1v) is 6.34. The van der Waals surface area contributed by atoms with Gasteiger partial charge in [0, 0.05) is 16.6 Å². The molecule has 1 heterocycles. The van der Waals surface area contributed by atoms with Crippen molar-refractivity contribution in [1.82, 2.24) is 4.98 Å². The van der Waals surface area contributed by atoms with E-state index in [-0.39, 0.29) is 22.8 Å². The van der Waals surface area contributed by atoms with Crippen LogP contribution in [0.25, 0.3) is 0 Å². The first-order valence-electron chi connectivity index (χ1n) is 5.55. The van der Waals surface area contributed by atoms with E-state index in [0.717, 1.165) is 12.3 Å². The standard InChI is InChI=1S/C12H8BrFN4O3/c13-9-2-1-7(18(20)21)4-10(9)17-12(19)8-3-6(14)5-16-11(8)15/h1-5H,(H2,15,16)(H,17,19). The van der Waals surface area contributed by atoms with Gasteiger partial charge in [0.15, 0.2) is 0 Å². The van der Waals surface area contributed by atoms with Gasteiger partial charge in [0.05, 0.1) is 22.4 Å². The number of hydrogen-bond acceptors (Lipinski definition) is 5. The van der Waals surface area contributed by atoms with Crippen molar-refractivity contribution in [2.45, 2.75) is 0 Å². The monoisotopic (exact) mass is 354 g/mol. The molecule has 0 fully saturated rings. The largest absolute Gasteiger partial charge is 0.383 e. The zero-order valence-electron chi connectivity index (χ0n) is 10.3. The lowest BCUT2D eigenvalue weighted by molar-refractivity contribution is -0.384. The molecule has 0 saturated heterocycles. The Hall–Kier alpha value is -2.55. The van der Waals surface area contributed by atoms with Crippen LogP contribution >= 0.6 is 15.9 Å². The molecule has 1 aromatic heterocycles. The summed E-state index contributed by atoms with van der Waals surface area (Å²) in [6.45, 7) is 0. The van der Waals surface area contributed by atoms with Gasteiger partial charge in [-0.15, -0.1) is 0 Å². The molecule has 21 heavy (non-hydrogen) atoms. The smallest absolute Gasteiger partial charge is 0.271 e. The van der Waals surface area contributed by atoms with Gasteiger partial charge in [-0.3, -0.25) is 14.9 Å². The molecule has 0 spiro atoms. The van der Waals surface area contributed by atoms with Crippen LogP contribution in [0, 0.1) is 15.9 Å². The van der Waals surface area contributed by atoms with Crippen molar-refractivity contribution in [2.75, 3.05) is 11.1 Å². The van der Waals surface area contributed by atoms with Gasteiger partial charge in [0.2, 0.25) is 0 Å². The van der Waals surface area contributed by atoms with Gasteiger partial charge in [-0.25, -0.2) is 9.37 Å². The van der Waals surface area contributed by atoms with Gasteiger partial charge in [-0.1, -0.05) is 0 Å². The number of aromatic nitrogens is 1. The lowest BCUT2D eigenvalue weighted by Gasteiger charge is -2.08. The summed E-state index contributed by atoms with van der Waals surface area (Å²) >= 11 is 3.16. The minimum atomic E-state index is -0.722. The number of amides is 1. The number of carbonyl (C=O) groups is 1. The Balaban J connectivity index is 2.33. The van der Waals surface area contributed by atoms with Crippen LogP contribution in [0.1, 0.15) is 10.4 Å². The summed E-state index contributed by atoms with van der Waals surface area (Å²) in [5.41, 5.74) is 5.31. The number of carbonyl (C=O) groups excluding carboxylic acids is 1. The van der Waals surface area contributed by atoms with Crippen molar-refractivity contribution in [2.24, 2.45) is 0 Å². The Labute approximate surface area is 126 Å². The summed E-state index contributed by atoms with van der Waals surface area (Å²) in [6.07, 6.45) is 0.884. The van der Waals surface area contributed by atoms with E-state index in [1.54, 1.807) is 0 Å². The number of nitro benzene ring substituents is 1. The maximum atomic E-state index is 13.1. The number of nitro groups is 1. The van der Waals surface area contributed by atoms with Gasteiger partial charge in [0.1, 0.15) is 11.6 Å². The highest BCUT2D eigenvalue weighted by Crippen LogP contribution is 2.27. The van der Waals surface area contributed by atoms with Crippen molar-refractivity contribution in [1.29, 1.82) is 0 Å². The van der Waals surface area contributed by atoms with Crippen LogP contribution < -0.4 is 11.1 Å². The second kappa shape index (κ2) is 5.83. The molecule has 0 aliphatic carbocycles. The molecule has 0 radical (unpaired) electrons. The number of rotatable bonds is 3. The molecule has 1 aromatic carbocycles. The average Bonchev–Trinajstić information content (AvgIpc) is 2.43. The lowest BCUT2D eigenvalue weighted by Crippen LogP contribution is -2.15. The molecule has 0 atom stereocenters. The number of non-ortho nitro benzene ring substituents is 1. The van der Waals surface area contributed by atoms with E-state index in [2.05, 4.69) is 26.2 Å². The van der Waals surface area contributed by atoms with Gasteiger partial charge in [0.25, 0.3) is 11.6 Å². The number of nitrogens with two attached hydrogens (primary N) is 1. The van der Waals surface area contributed by atoms with Crippen molar-refractivity contribution in [3.8, 4) is 0 Å². The number of nitrogens with one attached hydrogen (secondary N) is 1. The van der Waals surface area contributed by atoms with Gasteiger partial charge < -0.3 is 11.1 Å². The molecule has 0 saturated carbocycles. The quantitative estimate of drug-likeness (QED) is 0.650. The van der Waals surface area contributed by atoms with E-state index in [4.69, 9.17) is 5.73 Å². The molecule has 9 heteroatoms. The maximum absolute atomic E-state index is 13.1. The number of hydrogen-bond donors (Lipinski definition) is 2. The summed E-state index contributed by atoms with van der Waals surface area (Å²) in [4.78, 5) is 25.7. The van der Waals surface area contributed by atoms with E-state index >= 15 is 0 Å². The first kappa shape index (κ1) is 14.9. The fraction of sp³-hybridized carbons (Fsp3) is 0. The number of nitrogen functional groups attached to an aromatic ring is 1. The predicted molar refractivity (Wildman–Crippen MR) is 77.4 cm³/mol. The SMILES string of the molecule is Nc1ncc(F)cc1C(=O)Nc1cc([N+](=O)[O-])ccc1Br. The minimum absolute atomic E-state index is 0.143. The number of nitrogens with zero attached hydrogens (tertiary/aromatic N) is 2. The zero-order chi connectivity index (χ0) is 15.6. The summed E-state index contributed by atoms with van der Waals surface area (Å²) in [7, 11) is 0. The molecular weight excluding hydrogens is 347 g/mol. The van der Waals surface area contributed by atoms with E-state index in [0.29, 0.717) is 4.47 Å². The number of benzene rings is 1. The molecule has 0 bridgehead atoms. The molecule has 108 valence electrons. The van der Waals surface area contributed by atoms with Crippen molar-refractivity contribution in [3.05, 3.63) is 56.4 Å². The molecule has 2 aromatic rings. The molecule has 0 unspecified atom stereocenters. The lowest BCUT2D eigenvalue weighted by atomic mass is 10.2. The molecule has 7 nitrogen and oxygen atoms in total. The third-order valence-electron chi connectivity index (χ3n) is 2.54. The van der Waals surface area contributed by atoms with Crippen LogP contribution in [0.2, 0.25) is 0 Å². The molecule has 3 N–H and O–H groups in total. The molecule has 0 aliphatic rings. The highest BCUT2D eigenvalue weighted by Gasteiger charge is 2.16. The van der Waals surface area contributed by atoms with Crippen LogP contribution in [0.15, 0.2) is 34.9 Å². The highest BCUT2D eigenvalue weighted by atomic mass is 79.9. The second-order valence-corrected chi connectivity index (χ2v) is 4.82. The fourth-order valence-electron chi connectivity index (χ4n) is 1.54.